The summed E-state index contributed by atoms with van der Waals surface area (Å²) in [7, 11) is 0. The van der Waals surface area contributed by atoms with Crippen molar-refractivity contribution in [3.05, 3.63) is 53.7 Å². The van der Waals surface area contributed by atoms with E-state index in [1.54, 1.807) is 12.3 Å². The number of anilines is 1. The first kappa shape index (κ1) is 15.1. The predicted molar refractivity (Wildman–Crippen MR) is 86.3 cm³/mol. The SMILES string of the molecule is Fc1ccc(CNCc2ccco2)cc1N1CCCCCC1. The van der Waals surface area contributed by atoms with E-state index in [9.17, 15) is 4.39 Å². The molecule has 0 atom stereocenters. The maximum atomic E-state index is 14.2. The highest BCUT2D eigenvalue weighted by Gasteiger charge is 2.14. The van der Waals surface area contributed by atoms with E-state index in [0.717, 1.165) is 42.9 Å². The highest BCUT2D eigenvalue weighted by Crippen LogP contribution is 2.24. The van der Waals surface area contributed by atoms with Crippen LogP contribution in [0.5, 0.6) is 0 Å². The van der Waals surface area contributed by atoms with Gasteiger partial charge in [-0.1, -0.05) is 18.9 Å². The van der Waals surface area contributed by atoms with Gasteiger partial charge >= 0.3 is 0 Å². The lowest BCUT2D eigenvalue weighted by Gasteiger charge is -2.23. The summed E-state index contributed by atoms with van der Waals surface area (Å²) in [6.07, 6.45) is 6.48. The standard InChI is InChI=1S/C18H23FN2O/c19-17-8-7-15(13-20-14-16-6-5-11-22-16)12-18(17)21-9-3-1-2-4-10-21/h5-8,11-12,20H,1-4,9-10,13-14H2. The molecule has 0 amide bonds. The number of nitrogens with one attached hydrogen (secondary N) is 1. The topological polar surface area (TPSA) is 28.4 Å². The van der Waals surface area contributed by atoms with E-state index in [-0.39, 0.29) is 5.82 Å². The van der Waals surface area contributed by atoms with Crippen LogP contribution in [0.25, 0.3) is 0 Å². The Bertz CT molecular complexity index is 575. The van der Waals surface area contributed by atoms with Crippen molar-refractivity contribution >= 4 is 5.69 Å². The third-order valence-electron chi connectivity index (χ3n) is 4.17. The molecule has 1 aromatic heterocycles. The molecule has 0 saturated carbocycles. The monoisotopic (exact) mass is 302 g/mol. The second-order valence-corrected chi connectivity index (χ2v) is 5.87. The maximum Gasteiger partial charge on any atom is 0.146 e. The summed E-state index contributed by atoms with van der Waals surface area (Å²) < 4.78 is 19.4. The van der Waals surface area contributed by atoms with E-state index < -0.39 is 0 Å². The van der Waals surface area contributed by atoms with Gasteiger partial charge in [0.25, 0.3) is 0 Å². The zero-order chi connectivity index (χ0) is 15.2. The van der Waals surface area contributed by atoms with Crippen LogP contribution in [0.2, 0.25) is 0 Å². The zero-order valence-electron chi connectivity index (χ0n) is 12.9. The molecule has 118 valence electrons. The minimum atomic E-state index is -0.114. The second-order valence-electron chi connectivity index (χ2n) is 5.87. The molecule has 1 aliphatic rings. The van der Waals surface area contributed by atoms with E-state index in [1.165, 1.54) is 12.8 Å². The third-order valence-corrected chi connectivity index (χ3v) is 4.17. The van der Waals surface area contributed by atoms with Crippen molar-refractivity contribution in [3.8, 4) is 0 Å². The summed E-state index contributed by atoms with van der Waals surface area (Å²) in [6.45, 7) is 3.31. The highest BCUT2D eigenvalue weighted by atomic mass is 19.1. The average molecular weight is 302 g/mol. The lowest BCUT2D eigenvalue weighted by Crippen LogP contribution is -2.25. The van der Waals surface area contributed by atoms with Crippen LogP contribution in [0, 0.1) is 5.82 Å². The lowest BCUT2D eigenvalue weighted by molar-refractivity contribution is 0.483. The summed E-state index contributed by atoms with van der Waals surface area (Å²) in [6, 6.07) is 9.25. The smallest absolute Gasteiger partial charge is 0.146 e. The minimum absolute atomic E-state index is 0.114. The Labute approximate surface area is 131 Å². The van der Waals surface area contributed by atoms with Crippen molar-refractivity contribution in [2.75, 3.05) is 18.0 Å². The van der Waals surface area contributed by atoms with Gasteiger partial charge in [-0.25, -0.2) is 4.39 Å². The maximum absolute atomic E-state index is 14.2. The van der Waals surface area contributed by atoms with Gasteiger partial charge in [-0.2, -0.15) is 0 Å². The highest BCUT2D eigenvalue weighted by molar-refractivity contribution is 5.50. The minimum Gasteiger partial charge on any atom is -0.468 e. The molecule has 1 aliphatic heterocycles. The van der Waals surface area contributed by atoms with E-state index in [4.69, 9.17) is 4.42 Å². The molecule has 1 fully saturated rings. The molecular formula is C18H23FN2O. The Morgan fingerprint density at radius 3 is 2.59 bits per heavy atom. The van der Waals surface area contributed by atoms with Gasteiger partial charge in [-0.05, 0) is 42.7 Å². The third kappa shape index (κ3) is 3.89. The van der Waals surface area contributed by atoms with E-state index in [2.05, 4.69) is 10.2 Å². The number of benzene rings is 1. The molecule has 1 N–H and O–H groups in total. The lowest BCUT2D eigenvalue weighted by atomic mass is 10.1. The van der Waals surface area contributed by atoms with Crippen molar-refractivity contribution in [1.29, 1.82) is 0 Å². The van der Waals surface area contributed by atoms with Crippen molar-refractivity contribution in [3.63, 3.8) is 0 Å². The summed E-state index contributed by atoms with van der Waals surface area (Å²) >= 11 is 0. The fourth-order valence-corrected chi connectivity index (χ4v) is 2.97. The van der Waals surface area contributed by atoms with Crippen LogP contribution < -0.4 is 10.2 Å². The van der Waals surface area contributed by atoms with Gasteiger partial charge in [0.1, 0.15) is 11.6 Å². The molecule has 22 heavy (non-hydrogen) atoms. The predicted octanol–water partition coefficient (Wildman–Crippen LogP) is 4.09. The van der Waals surface area contributed by atoms with Gasteiger partial charge in [0.05, 0.1) is 18.5 Å². The molecule has 3 nitrogen and oxygen atoms in total. The molecule has 0 unspecified atom stereocenters. The Morgan fingerprint density at radius 2 is 1.86 bits per heavy atom. The number of nitrogens with zero attached hydrogens (tertiary/aromatic N) is 1. The summed E-state index contributed by atoms with van der Waals surface area (Å²) in [5, 5.41) is 3.33. The first-order valence-electron chi connectivity index (χ1n) is 8.09. The van der Waals surface area contributed by atoms with Gasteiger partial charge in [-0.15, -0.1) is 0 Å². The molecule has 0 radical (unpaired) electrons. The van der Waals surface area contributed by atoms with E-state index in [1.807, 2.05) is 24.3 Å². The van der Waals surface area contributed by atoms with Crippen molar-refractivity contribution in [2.45, 2.75) is 38.8 Å². The molecule has 0 aliphatic carbocycles. The molecule has 4 heteroatoms. The normalized spacial score (nSPS) is 15.8. The quantitative estimate of drug-likeness (QED) is 0.902. The molecule has 2 heterocycles. The molecule has 1 aromatic carbocycles. The van der Waals surface area contributed by atoms with Crippen LogP contribution in [0.4, 0.5) is 10.1 Å². The van der Waals surface area contributed by atoms with Crippen LogP contribution in [0.3, 0.4) is 0 Å². The van der Waals surface area contributed by atoms with Crippen LogP contribution >= 0.6 is 0 Å². The number of hydrogen-bond donors (Lipinski definition) is 1. The van der Waals surface area contributed by atoms with Crippen molar-refractivity contribution in [1.82, 2.24) is 5.32 Å². The Balaban J connectivity index is 1.63. The fraction of sp³-hybridized carbons (Fsp3) is 0.444. The Morgan fingerprint density at radius 1 is 1.05 bits per heavy atom. The molecular weight excluding hydrogens is 279 g/mol. The number of rotatable bonds is 5. The van der Waals surface area contributed by atoms with Gasteiger partial charge in [0, 0.05) is 19.6 Å². The Hall–Kier alpha value is -1.81. The number of halogens is 1. The first-order valence-corrected chi connectivity index (χ1v) is 8.09. The van der Waals surface area contributed by atoms with Gasteiger partial charge in [-0.3, -0.25) is 0 Å². The van der Waals surface area contributed by atoms with Crippen LogP contribution in [-0.2, 0) is 13.1 Å². The largest absolute Gasteiger partial charge is 0.468 e. The first-order chi connectivity index (χ1) is 10.8. The van der Waals surface area contributed by atoms with Gasteiger partial charge in [0.15, 0.2) is 0 Å². The van der Waals surface area contributed by atoms with Crippen molar-refractivity contribution in [2.24, 2.45) is 0 Å². The van der Waals surface area contributed by atoms with Crippen LogP contribution in [0.15, 0.2) is 41.0 Å². The van der Waals surface area contributed by atoms with E-state index >= 15 is 0 Å². The van der Waals surface area contributed by atoms with Gasteiger partial charge < -0.3 is 14.6 Å². The second kappa shape index (κ2) is 7.45. The summed E-state index contributed by atoms with van der Waals surface area (Å²) in [5.41, 5.74) is 1.85. The zero-order valence-corrected chi connectivity index (χ0v) is 12.9. The van der Waals surface area contributed by atoms with Gasteiger partial charge in [0.2, 0.25) is 0 Å². The van der Waals surface area contributed by atoms with Crippen molar-refractivity contribution < 1.29 is 8.81 Å². The Kier molecular flexibility index (Phi) is 5.11. The average Bonchev–Trinajstić information content (AvgIpc) is 2.90. The molecule has 0 bridgehead atoms. The van der Waals surface area contributed by atoms with E-state index in [0.29, 0.717) is 13.1 Å². The van der Waals surface area contributed by atoms with Crippen LogP contribution in [0.1, 0.15) is 37.0 Å². The summed E-state index contributed by atoms with van der Waals surface area (Å²) in [5.74, 6) is 0.798. The number of furan rings is 1. The fourth-order valence-electron chi connectivity index (χ4n) is 2.97. The molecule has 2 aromatic rings. The molecule has 3 rings (SSSR count). The molecule has 0 spiro atoms. The molecule has 1 saturated heterocycles. The summed E-state index contributed by atoms with van der Waals surface area (Å²) in [4.78, 5) is 2.19. The number of hydrogen-bond acceptors (Lipinski definition) is 3. The van der Waals surface area contributed by atoms with Crippen LogP contribution in [-0.4, -0.2) is 13.1 Å².